The van der Waals surface area contributed by atoms with Crippen molar-refractivity contribution < 1.29 is 4.79 Å². The summed E-state index contributed by atoms with van der Waals surface area (Å²) >= 11 is 0. The second kappa shape index (κ2) is 7.22. The van der Waals surface area contributed by atoms with Crippen molar-refractivity contribution in [3.05, 3.63) is 59.7 Å². The predicted octanol–water partition coefficient (Wildman–Crippen LogP) is 2.73. The highest BCUT2D eigenvalue weighted by Crippen LogP contribution is 2.26. The highest BCUT2D eigenvalue weighted by molar-refractivity contribution is 6.01. The molecule has 4 heteroatoms. The van der Waals surface area contributed by atoms with Crippen molar-refractivity contribution in [2.24, 2.45) is 0 Å². The van der Waals surface area contributed by atoms with Gasteiger partial charge in [0.25, 0.3) is 5.91 Å². The SMILES string of the molecule is Cc1cccc(-c2ccccc2C(=O)N2CCN3CCN(C)C[C@H]3C2)c1. The van der Waals surface area contributed by atoms with Crippen molar-refractivity contribution in [1.82, 2.24) is 14.7 Å². The molecule has 2 aromatic rings. The van der Waals surface area contributed by atoms with Gasteiger partial charge in [-0.1, -0.05) is 48.0 Å². The van der Waals surface area contributed by atoms with Gasteiger partial charge < -0.3 is 9.80 Å². The number of piperazine rings is 2. The van der Waals surface area contributed by atoms with Crippen molar-refractivity contribution in [2.75, 3.05) is 46.3 Å². The van der Waals surface area contributed by atoms with E-state index in [2.05, 4.69) is 59.0 Å². The van der Waals surface area contributed by atoms with Gasteiger partial charge in [-0.25, -0.2) is 0 Å². The highest BCUT2D eigenvalue weighted by Gasteiger charge is 2.33. The number of fused-ring (bicyclic) bond motifs is 1. The van der Waals surface area contributed by atoms with E-state index in [9.17, 15) is 4.79 Å². The van der Waals surface area contributed by atoms with Gasteiger partial charge in [0.1, 0.15) is 0 Å². The third-order valence-electron chi connectivity index (χ3n) is 5.67. The van der Waals surface area contributed by atoms with Crippen molar-refractivity contribution >= 4 is 5.91 Å². The van der Waals surface area contributed by atoms with Crippen LogP contribution in [0.1, 0.15) is 15.9 Å². The Morgan fingerprint density at radius 2 is 1.77 bits per heavy atom. The Labute approximate surface area is 156 Å². The van der Waals surface area contributed by atoms with Crippen LogP contribution >= 0.6 is 0 Å². The summed E-state index contributed by atoms with van der Waals surface area (Å²) in [5.74, 6) is 0.162. The van der Waals surface area contributed by atoms with E-state index in [1.165, 1.54) is 5.56 Å². The molecule has 2 fully saturated rings. The molecule has 2 heterocycles. The van der Waals surface area contributed by atoms with Crippen molar-refractivity contribution in [1.29, 1.82) is 0 Å². The number of aryl methyl sites for hydroxylation is 1. The lowest BCUT2D eigenvalue weighted by Crippen LogP contribution is -2.62. The minimum atomic E-state index is 0.162. The number of hydrogen-bond donors (Lipinski definition) is 0. The number of likely N-dealkylation sites (N-methyl/N-ethyl adjacent to an activating group) is 1. The molecule has 136 valence electrons. The topological polar surface area (TPSA) is 26.8 Å². The Balaban J connectivity index is 1.59. The molecule has 0 spiro atoms. The van der Waals surface area contributed by atoms with Gasteiger partial charge in [0.15, 0.2) is 0 Å². The summed E-state index contributed by atoms with van der Waals surface area (Å²) in [5, 5.41) is 0. The molecular weight excluding hydrogens is 322 g/mol. The number of rotatable bonds is 2. The van der Waals surface area contributed by atoms with Crippen LogP contribution in [0, 0.1) is 6.92 Å². The molecule has 0 unspecified atom stereocenters. The van der Waals surface area contributed by atoms with Crippen LogP contribution in [0.5, 0.6) is 0 Å². The molecule has 0 aromatic heterocycles. The molecule has 2 aliphatic rings. The van der Waals surface area contributed by atoms with Crippen LogP contribution in [0.3, 0.4) is 0 Å². The molecule has 26 heavy (non-hydrogen) atoms. The van der Waals surface area contributed by atoms with Crippen molar-refractivity contribution in [2.45, 2.75) is 13.0 Å². The first kappa shape index (κ1) is 17.3. The lowest BCUT2D eigenvalue weighted by molar-refractivity contribution is 0.0190. The molecule has 2 aromatic carbocycles. The lowest BCUT2D eigenvalue weighted by Gasteiger charge is -2.46. The van der Waals surface area contributed by atoms with Gasteiger partial charge in [0.2, 0.25) is 0 Å². The van der Waals surface area contributed by atoms with Crippen molar-refractivity contribution in [3.8, 4) is 11.1 Å². The average molecular weight is 349 g/mol. The summed E-state index contributed by atoms with van der Waals surface area (Å²) in [6.07, 6.45) is 0. The monoisotopic (exact) mass is 349 g/mol. The largest absolute Gasteiger partial charge is 0.336 e. The van der Waals surface area contributed by atoms with Gasteiger partial charge in [-0.3, -0.25) is 9.69 Å². The summed E-state index contributed by atoms with van der Waals surface area (Å²) in [7, 11) is 2.17. The third-order valence-corrected chi connectivity index (χ3v) is 5.67. The van der Waals surface area contributed by atoms with E-state index >= 15 is 0 Å². The van der Waals surface area contributed by atoms with Crippen LogP contribution in [0.15, 0.2) is 48.5 Å². The normalized spacial score (nSPS) is 21.5. The van der Waals surface area contributed by atoms with E-state index in [0.29, 0.717) is 6.04 Å². The van der Waals surface area contributed by atoms with E-state index in [1.807, 2.05) is 18.2 Å². The summed E-state index contributed by atoms with van der Waals surface area (Å²) in [5.41, 5.74) is 4.17. The predicted molar refractivity (Wildman–Crippen MR) is 105 cm³/mol. The maximum Gasteiger partial charge on any atom is 0.254 e. The molecule has 0 saturated carbocycles. The highest BCUT2D eigenvalue weighted by atomic mass is 16.2. The fourth-order valence-electron chi connectivity index (χ4n) is 4.20. The molecule has 0 aliphatic carbocycles. The zero-order chi connectivity index (χ0) is 18.1. The zero-order valence-electron chi connectivity index (χ0n) is 15.7. The Morgan fingerprint density at radius 3 is 2.62 bits per heavy atom. The zero-order valence-corrected chi connectivity index (χ0v) is 15.7. The first-order valence-corrected chi connectivity index (χ1v) is 9.50. The van der Waals surface area contributed by atoms with Crippen molar-refractivity contribution in [3.63, 3.8) is 0 Å². The minimum Gasteiger partial charge on any atom is -0.336 e. The van der Waals surface area contributed by atoms with E-state index < -0.39 is 0 Å². The van der Waals surface area contributed by atoms with E-state index in [4.69, 9.17) is 0 Å². The summed E-state index contributed by atoms with van der Waals surface area (Å²) in [6, 6.07) is 16.9. The van der Waals surface area contributed by atoms with Gasteiger partial charge in [0, 0.05) is 50.9 Å². The molecule has 4 rings (SSSR count). The molecule has 1 atom stereocenters. The standard InChI is InChI=1S/C22H27N3O/c1-17-6-5-7-18(14-17)20-8-3-4-9-21(20)22(26)25-13-12-24-11-10-23(2)15-19(24)16-25/h3-9,14,19H,10-13,15-16H2,1-2H3/t19-/m0/s1. The Morgan fingerprint density at radius 1 is 0.962 bits per heavy atom. The quantitative estimate of drug-likeness (QED) is 0.834. The smallest absolute Gasteiger partial charge is 0.254 e. The lowest BCUT2D eigenvalue weighted by atomic mass is 9.97. The fraction of sp³-hybridized carbons (Fsp3) is 0.409. The van der Waals surface area contributed by atoms with Crippen LogP contribution in [-0.2, 0) is 0 Å². The van der Waals surface area contributed by atoms with Crippen LogP contribution in [0.4, 0.5) is 0 Å². The van der Waals surface area contributed by atoms with E-state index in [1.54, 1.807) is 0 Å². The molecule has 2 saturated heterocycles. The fourth-order valence-corrected chi connectivity index (χ4v) is 4.20. The molecule has 0 bridgehead atoms. The van der Waals surface area contributed by atoms with Gasteiger partial charge in [-0.05, 0) is 31.2 Å². The summed E-state index contributed by atoms with van der Waals surface area (Å²) in [4.78, 5) is 20.3. The Kier molecular flexibility index (Phi) is 4.79. The average Bonchev–Trinajstić information content (AvgIpc) is 2.67. The third kappa shape index (κ3) is 3.39. The van der Waals surface area contributed by atoms with Crippen LogP contribution in [0.2, 0.25) is 0 Å². The van der Waals surface area contributed by atoms with Gasteiger partial charge in [0.05, 0.1) is 0 Å². The molecule has 1 amide bonds. The van der Waals surface area contributed by atoms with E-state index in [-0.39, 0.29) is 5.91 Å². The number of amides is 1. The number of carbonyl (C=O) groups excluding carboxylic acids is 1. The van der Waals surface area contributed by atoms with Gasteiger partial charge >= 0.3 is 0 Å². The molecule has 0 N–H and O–H groups in total. The number of hydrogen-bond acceptors (Lipinski definition) is 3. The maximum absolute atomic E-state index is 13.3. The number of benzene rings is 2. The Hall–Kier alpha value is -2.17. The second-order valence-electron chi connectivity index (χ2n) is 7.62. The minimum absolute atomic E-state index is 0.162. The molecule has 2 aliphatic heterocycles. The summed E-state index contributed by atoms with van der Waals surface area (Å²) in [6.45, 7) is 8.00. The number of nitrogens with zero attached hydrogens (tertiary/aromatic N) is 3. The Bertz CT molecular complexity index is 803. The number of carbonyl (C=O) groups is 1. The van der Waals surface area contributed by atoms with Crippen LogP contribution in [-0.4, -0.2) is 73.0 Å². The molecular formula is C22H27N3O. The van der Waals surface area contributed by atoms with Gasteiger partial charge in [-0.2, -0.15) is 0 Å². The van der Waals surface area contributed by atoms with Gasteiger partial charge in [-0.15, -0.1) is 0 Å². The van der Waals surface area contributed by atoms with Crippen LogP contribution < -0.4 is 0 Å². The maximum atomic E-state index is 13.3. The molecule has 0 radical (unpaired) electrons. The first-order valence-electron chi connectivity index (χ1n) is 9.50. The second-order valence-corrected chi connectivity index (χ2v) is 7.62. The first-order chi connectivity index (χ1) is 12.6. The molecule has 4 nitrogen and oxygen atoms in total. The summed E-state index contributed by atoms with van der Waals surface area (Å²) < 4.78 is 0. The van der Waals surface area contributed by atoms with Crippen LogP contribution in [0.25, 0.3) is 11.1 Å². The van der Waals surface area contributed by atoms with E-state index in [0.717, 1.165) is 56.0 Å².